The van der Waals surface area contributed by atoms with Crippen LogP contribution in [0.15, 0.2) is 30.3 Å². The zero-order valence-corrected chi connectivity index (χ0v) is 14.6. The van der Waals surface area contributed by atoms with Gasteiger partial charge >= 0.3 is 0 Å². The van der Waals surface area contributed by atoms with Crippen molar-refractivity contribution in [3.63, 3.8) is 0 Å². The Morgan fingerprint density at radius 2 is 2.00 bits per heavy atom. The monoisotopic (exact) mass is 335 g/mol. The van der Waals surface area contributed by atoms with E-state index >= 15 is 0 Å². The van der Waals surface area contributed by atoms with Crippen LogP contribution in [0.4, 0.5) is 0 Å². The predicted octanol–water partition coefficient (Wildman–Crippen LogP) is 1.72. The average Bonchev–Trinajstić information content (AvgIpc) is 2.97. The van der Waals surface area contributed by atoms with Gasteiger partial charge in [0.05, 0.1) is 17.7 Å². The molecule has 126 valence electrons. The largest absolute Gasteiger partial charge is 0.353 e. The fourth-order valence-electron chi connectivity index (χ4n) is 2.78. The Labute approximate surface area is 142 Å². The normalized spacial score (nSPS) is 16.0. The standard InChI is InChI=1S/C17H25N3O2S/c1-3-19(4-2)15(14-8-6-5-7-9-14)10-18-16(21)11-20-13-23-12-17(20)22/h5-9,15H,3-4,10-13H2,1-2H3,(H,18,21)/t15-/m1/s1. The van der Waals surface area contributed by atoms with Crippen LogP contribution in [-0.4, -0.2) is 59.4 Å². The number of rotatable bonds is 8. The first-order chi connectivity index (χ1) is 11.2. The molecule has 1 aliphatic rings. The highest BCUT2D eigenvalue weighted by Crippen LogP contribution is 2.19. The van der Waals surface area contributed by atoms with Crippen LogP contribution in [0.2, 0.25) is 0 Å². The molecule has 1 heterocycles. The summed E-state index contributed by atoms with van der Waals surface area (Å²) < 4.78 is 0. The molecule has 1 aromatic carbocycles. The number of carbonyl (C=O) groups excluding carboxylic acids is 2. The maximum absolute atomic E-state index is 12.1. The van der Waals surface area contributed by atoms with Crippen molar-refractivity contribution in [3.8, 4) is 0 Å². The van der Waals surface area contributed by atoms with Gasteiger partial charge in [-0.15, -0.1) is 11.8 Å². The number of nitrogens with one attached hydrogen (secondary N) is 1. The van der Waals surface area contributed by atoms with Gasteiger partial charge in [0.1, 0.15) is 6.54 Å². The molecule has 1 N–H and O–H groups in total. The van der Waals surface area contributed by atoms with E-state index in [1.165, 1.54) is 5.56 Å². The molecule has 0 bridgehead atoms. The van der Waals surface area contributed by atoms with Gasteiger partial charge in [-0.3, -0.25) is 14.5 Å². The Balaban J connectivity index is 1.95. The maximum Gasteiger partial charge on any atom is 0.239 e. The Bertz CT molecular complexity index is 520. The number of hydrogen-bond donors (Lipinski definition) is 1. The Morgan fingerprint density at radius 3 is 2.57 bits per heavy atom. The van der Waals surface area contributed by atoms with Gasteiger partial charge in [-0.1, -0.05) is 44.2 Å². The molecule has 6 heteroatoms. The molecular weight excluding hydrogens is 310 g/mol. The van der Waals surface area contributed by atoms with Crippen LogP contribution < -0.4 is 5.32 Å². The van der Waals surface area contributed by atoms with Crippen molar-refractivity contribution in [2.24, 2.45) is 0 Å². The predicted molar refractivity (Wildman–Crippen MR) is 94.2 cm³/mol. The number of likely N-dealkylation sites (N-methyl/N-ethyl adjacent to an activating group) is 1. The molecule has 1 aromatic rings. The summed E-state index contributed by atoms with van der Waals surface area (Å²) in [6.07, 6.45) is 0. The minimum atomic E-state index is -0.0889. The molecule has 0 saturated carbocycles. The zero-order valence-electron chi connectivity index (χ0n) is 13.8. The van der Waals surface area contributed by atoms with E-state index in [4.69, 9.17) is 0 Å². The van der Waals surface area contributed by atoms with E-state index in [0.29, 0.717) is 18.2 Å². The summed E-state index contributed by atoms with van der Waals surface area (Å²) in [5.74, 6) is 1.06. The summed E-state index contributed by atoms with van der Waals surface area (Å²) in [6.45, 7) is 6.81. The van der Waals surface area contributed by atoms with Crippen LogP contribution in [0.3, 0.4) is 0 Å². The molecule has 2 rings (SSSR count). The third kappa shape index (κ3) is 4.97. The highest BCUT2D eigenvalue weighted by atomic mass is 32.2. The number of carbonyl (C=O) groups is 2. The molecule has 0 spiro atoms. The lowest BCUT2D eigenvalue weighted by Gasteiger charge is -2.30. The van der Waals surface area contributed by atoms with Gasteiger partial charge in [0.2, 0.25) is 11.8 Å². The molecule has 23 heavy (non-hydrogen) atoms. The molecule has 1 atom stereocenters. The molecule has 0 unspecified atom stereocenters. The SMILES string of the molecule is CCN(CC)[C@H](CNC(=O)CN1CSCC1=O)c1ccccc1. The van der Waals surface area contributed by atoms with Crippen molar-refractivity contribution in [1.82, 2.24) is 15.1 Å². The number of amides is 2. The van der Waals surface area contributed by atoms with Crippen molar-refractivity contribution in [2.45, 2.75) is 19.9 Å². The summed E-state index contributed by atoms with van der Waals surface area (Å²) in [4.78, 5) is 27.7. The molecule has 1 fully saturated rings. The van der Waals surface area contributed by atoms with Crippen molar-refractivity contribution < 1.29 is 9.59 Å². The number of thioether (sulfide) groups is 1. The van der Waals surface area contributed by atoms with Gasteiger partial charge in [0, 0.05) is 6.54 Å². The molecule has 1 saturated heterocycles. The van der Waals surface area contributed by atoms with E-state index in [1.54, 1.807) is 16.7 Å². The lowest BCUT2D eigenvalue weighted by Crippen LogP contribution is -2.42. The first-order valence-electron chi connectivity index (χ1n) is 8.06. The molecule has 5 nitrogen and oxygen atoms in total. The molecular formula is C17H25N3O2S. The molecule has 1 aliphatic heterocycles. The Morgan fingerprint density at radius 1 is 1.30 bits per heavy atom. The van der Waals surface area contributed by atoms with Gasteiger partial charge in [0.15, 0.2) is 0 Å². The Kier molecular flexibility index (Phi) is 6.92. The van der Waals surface area contributed by atoms with E-state index in [9.17, 15) is 9.59 Å². The molecule has 2 amide bonds. The molecule has 0 aromatic heterocycles. The second-order valence-corrected chi connectivity index (χ2v) is 6.48. The van der Waals surface area contributed by atoms with Gasteiger partial charge in [-0.2, -0.15) is 0 Å². The van der Waals surface area contributed by atoms with E-state index in [-0.39, 0.29) is 24.4 Å². The van der Waals surface area contributed by atoms with E-state index in [2.05, 4.69) is 36.2 Å². The van der Waals surface area contributed by atoms with Crippen molar-refractivity contribution in [1.29, 1.82) is 0 Å². The summed E-state index contributed by atoms with van der Waals surface area (Å²) in [7, 11) is 0. The van der Waals surface area contributed by atoms with Gasteiger partial charge in [-0.05, 0) is 18.7 Å². The first-order valence-corrected chi connectivity index (χ1v) is 9.22. The van der Waals surface area contributed by atoms with Crippen LogP contribution >= 0.6 is 11.8 Å². The van der Waals surface area contributed by atoms with E-state index in [0.717, 1.165) is 13.1 Å². The quantitative estimate of drug-likeness (QED) is 0.786. The molecule has 0 aliphatic carbocycles. The van der Waals surface area contributed by atoms with Crippen molar-refractivity contribution in [3.05, 3.63) is 35.9 Å². The second kappa shape index (κ2) is 8.93. The number of benzene rings is 1. The third-order valence-electron chi connectivity index (χ3n) is 4.09. The number of nitrogens with zero attached hydrogens (tertiary/aromatic N) is 2. The summed E-state index contributed by atoms with van der Waals surface area (Å²) in [5.41, 5.74) is 1.20. The summed E-state index contributed by atoms with van der Waals surface area (Å²) in [6, 6.07) is 10.4. The summed E-state index contributed by atoms with van der Waals surface area (Å²) >= 11 is 1.55. The van der Waals surface area contributed by atoms with Gasteiger partial charge in [-0.25, -0.2) is 0 Å². The van der Waals surface area contributed by atoms with Crippen LogP contribution in [0, 0.1) is 0 Å². The van der Waals surface area contributed by atoms with Crippen molar-refractivity contribution >= 4 is 23.6 Å². The third-order valence-corrected chi connectivity index (χ3v) is 5.04. The van der Waals surface area contributed by atoms with Gasteiger partial charge in [0.25, 0.3) is 0 Å². The fraction of sp³-hybridized carbons (Fsp3) is 0.529. The van der Waals surface area contributed by atoms with E-state index < -0.39 is 0 Å². The van der Waals surface area contributed by atoms with Gasteiger partial charge < -0.3 is 10.2 Å². The molecule has 0 radical (unpaired) electrons. The lowest BCUT2D eigenvalue weighted by molar-refractivity contribution is -0.132. The minimum Gasteiger partial charge on any atom is -0.353 e. The number of hydrogen-bond acceptors (Lipinski definition) is 4. The first kappa shape index (κ1) is 17.8. The highest BCUT2D eigenvalue weighted by Gasteiger charge is 2.24. The smallest absolute Gasteiger partial charge is 0.239 e. The lowest BCUT2D eigenvalue weighted by atomic mass is 10.1. The van der Waals surface area contributed by atoms with Crippen molar-refractivity contribution in [2.75, 3.05) is 37.8 Å². The van der Waals surface area contributed by atoms with Crippen LogP contribution in [0.5, 0.6) is 0 Å². The van der Waals surface area contributed by atoms with E-state index in [1.807, 2.05) is 18.2 Å². The average molecular weight is 335 g/mol. The minimum absolute atomic E-state index is 0.0495. The Hall–Kier alpha value is -1.53. The summed E-state index contributed by atoms with van der Waals surface area (Å²) in [5, 5.41) is 2.99. The fourth-order valence-corrected chi connectivity index (χ4v) is 3.68. The van der Waals surface area contributed by atoms with Crippen LogP contribution in [0.25, 0.3) is 0 Å². The second-order valence-electron chi connectivity index (χ2n) is 5.52. The zero-order chi connectivity index (χ0) is 16.7. The maximum atomic E-state index is 12.1. The van der Waals surface area contributed by atoms with Crippen LogP contribution in [-0.2, 0) is 9.59 Å². The highest BCUT2D eigenvalue weighted by molar-refractivity contribution is 8.00. The van der Waals surface area contributed by atoms with Crippen LogP contribution in [0.1, 0.15) is 25.5 Å². The topological polar surface area (TPSA) is 52.7 Å².